The van der Waals surface area contributed by atoms with Crippen molar-refractivity contribution in [2.24, 2.45) is 0 Å². The van der Waals surface area contributed by atoms with Gasteiger partial charge in [-0.15, -0.1) is 0 Å². The highest BCUT2D eigenvalue weighted by molar-refractivity contribution is 5.75. The maximum atomic E-state index is 9.34. The Morgan fingerprint density at radius 1 is 1.25 bits per heavy atom. The lowest BCUT2D eigenvalue weighted by atomic mass is 10.1. The molecule has 0 heterocycles. The van der Waals surface area contributed by atoms with Crippen LogP contribution >= 0.6 is 0 Å². The molecule has 0 aliphatic heterocycles. The molecule has 1 N–H and O–H groups in total. The first-order chi connectivity index (χ1) is 5.34. The largest absolute Gasteiger partial charge is 0.508 e. The van der Waals surface area contributed by atoms with Gasteiger partial charge in [0.15, 0.2) is 17.4 Å². The minimum Gasteiger partial charge on any atom is -0.508 e. The Morgan fingerprint density at radius 3 is 2.50 bits per heavy atom. The molecule has 66 valence electrons. The van der Waals surface area contributed by atoms with Crippen LogP contribution in [0.5, 0.6) is 5.75 Å². The predicted octanol–water partition coefficient (Wildman–Crippen LogP) is 1.55. The van der Waals surface area contributed by atoms with Crippen LogP contribution in [-0.4, -0.2) is 22.5 Å². The summed E-state index contributed by atoms with van der Waals surface area (Å²) in [6, 6.07) is 7.53. The third kappa shape index (κ3) is 3.30. The highest BCUT2D eigenvalue weighted by Crippen LogP contribution is 2.17. The molecule has 12 heavy (non-hydrogen) atoms. The van der Waals surface area contributed by atoms with E-state index in [1.807, 2.05) is 18.2 Å². The molecule has 1 aromatic carbocycles. The summed E-state index contributed by atoms with van der Waals surface area (Å²) in [6.07, 6.45) is 3.31. The van der Waals surface area contributed by atoms with Crippen LogP contribution in [0.4, 0.5) is 0 Å². The van der Waals surface area contributed by atoms with Crippen molar-refractivity contribution < 1.29 is 5.11 Å². The number of phenols is 1. The number of unbranched alkanes of at least 4 members (excludes halogenated alkanes) is 1. The first-order valence-electron chi connectivity index (χ1n) is 4.11. The van der Waals surface area contributed by atoms with Crippen molar-refractivity contribution in [3.05, 3.63) is 29.8 Å². The van der Waals surface area contributed by atoms with Gasteiger partial charge < -0.3 is 5.11 Å². The topological polar surface area (TPSA) is 20.2 Å². The van der Waals surface area contributed by atoms with Gasteiger partial charge in [-0.3, -0.25) is 0 Å². The molecule has 2 heteroatoms. The van der Waals surface area contributed by atoms with Crippen molar-refractivity contribution in [3.8, 4) is 5.75 Å². The van der Waals surface area contributed by atoms with Crippen molar-refractivity contribution >= 4 is 17.4 Å². The van der Waals surface area contributed by atoms with E-state index in [2.05, 4.69) is 6.92 Å². The number of hydrogen-bond acceptors (Lipinski definition) is 1. The maximum Gasteiger partial charge on any atom is 0.187 e. The number of aryl methyl sites for hydroxylation is 1. The zero-order valence-corrected chi connectivity index (χ0v) is 6.88. The molecule has 1 nitrogen and oxygen atoms in total. The Balaban J connectivity index is 0.00000121. The monoisotopic (exact) mass is 180 g/mol. The highest BCUT2D eigenvalue weighted by Gasteiger charge is 1.96. The molecule has 0 bridgehead atoms. The standard InChI is InChI=1S/C10H14O.Al.3H/c1-2-3-6-9-7-4-5-8-10(9)11;;;;/h4-5,7-8,11H,2-3,6H2,1H3;;;;. The molecule has 0 amide bonds. The number of hydrogen-bond donors (Lipinski definition) is 1. The Bertz CT molecular complexity index is 223. The normalized spacial score (nSPS) is 9.08. The van der Waals surface area contributed by atoms with Crippen LogP contribution in [0.3, 0.4) is 0 Å². The Kier molecular flexibility index (Phi) is 5.88. The fourth-order valence-electron chi connectivity index (χ4n) is 1.09. The minimum atomic E-state index is 0. The Labute approximate surface area is 84.6 Å². The molecule has 0 spiro atoms. The average Bonchev–Trinajstić information content (AvgIpc) is 2.03. The van der Waals surface area contributed by atoms with Gasteiger partial charge in [0.05, 0.1) is 0 Å². The molecular weight excluding hydrogens is 163 g/mol. The van der Waals surface area contributed by atoms with E-state index in [4.69, 9.17) is 0 Å². The van der Waals surface area contributed by atoms with E-state index in [9.17, 15) is 5.11 Å². The number of para-hydroxylation sites is 1. The van der Waals surface area contributed by atoms with E-state index in [1.54, 1.807) is 6.07 Å². The zero-order valence-electron chi connectivity index (χ0n) is 6.88. The van der Waals surface area contributed by atoms with Gasteiger partial charge in [0.25, 0.3) is 0 Å². The van der Waals surface area contributed by atoms with E-state index in [0.29, 0.717) is 5.75 Å². The van der Waals surface area contributed by atoms with E-state index >= 15 is 0 Å². The summed E-state index contributed by atoms with van der Waals surface area (Å²) in [5.41, 5.74) is 1.06. The molecule has 1 rings (SSSR count). The van der Waals surface area contributed by atoms with Gasteiger partial charge in [-0.2, -0.15) is 0 Å². The molecule has 0 aromatic heterocycles. The predicted molar refractivity (Wildman–Crippen MR) is 56.7 cm³/mol. The van der Waals surface area contributed by atoms with Crippen LogP contribution in [0.2, 0.25) is 0 Å². The average molecular weight is 180 g/mol. The molecule has 0 saturated carbocycles. The first kappa shape index (κ1) is 11.6. The van der Waals surface area contributed by atoms with E-state index in [-0.39, 0.29) is 17.4 Å². The number of aromatic hydroxyl groups is 1. The van der Waals surface area contributed by atoms with E-state index < -0.39 is 0 Å². The SMILES string of the molecule is CCCCc1ccccc1O.[AlH3]. The lowest BCUT2D eigenvalue weighted by Crippen LogP contribution is -1.83. The van der Waals surface area contributed by atoms with Crippen LogP contribution in [0.1, 0.15) is 25.3 Å². The van der Waals surface area contributed by atoms with Crippen LogP contribution in [0.25, 0.3) is 0 Å². The zero-order chi connectivity index (χ0) is 8.10. The lowest BCUT2D eigenvalue weighted by molar-refractivity contribution is 0.467. The minimum absolute atomic E-state index is 0. The number of phenolic OH excluding ortho intramolecular Hbond substituents is 1. The van der Waals surface area contributed by atoms with Gasteiger partial charge in [-0.05, 0) is 24.5 Å². The fraction of sp³-hybridized carbons (Fsp3) is 0.400. The molecule has 0 fully saturated rings. The summed E-state index contributed by atoms with van der Waals surface area (Å²) in [5, 5.41) is 9.34. The van der Waals surface area contributed by atoms with Gasteiger partial charge in [-0.25, -0.2) is 0 Å². The van der Waals surface area contributed by atoms with Gasteiger partial charge >= 0.3 is 0 Å². The van der Waals surface area contributed by atoms with Crippen LogP contribution in [0, 0.1) is 0 Å². The second-order valence-corrected chi connectivity index (χ2v) is 2.73. The smallest absolute Gasteiger partial charge is 0.187 e. The number of rotatable bonds is 3. The quantitative estimate of drug-likeness (QED) is 0.700. The van der Waals surface area contributed by atoms with Crippen molar-refractivity contribution in [1.82, 2.24) is 0 Å². The molecule has 0 atom stereocenters. The molecule has 0 unspecified atom stereocenters. The summed E-state index contributed by atoms with van der Waals surface area (Å²) in [5.74, 6) is 0.431. The van der Waals surface area contributed by atoms with Crippen LogP contribution in [-0.2, 0) is 6.42 Å². The van der Waals surface area contributed by atoms with Crippen molar-refractivity contribution in [1.29, 1.82) is 0 Å². The summed E-state index contributed by atoms with van der Waals surface area (Å²) in [7, 11) is 0. The molecular formula is C10H17AlO. The molecule has 1 aromatic rings. The number of benzene rings is 1. The van der Waals surface area contributed by atoms with Crippen LogP contribution < -0.4 is 0 Å². The van der Waals surface area contributed by atoms with E-state index in [1.165, 1.54) is 6.42 Å². The van der Waals surface area contributed by atoms with Crippen molar-refractivity contribution in [3.63, 3.8) is 0 Å². The summed E-state index contributed by atoms with van der Waals surface area (Å²) < 4.78 is 0. The van der Waals surface area contributed by atoms with Gasteiger partial charge in [0.2, 0.25) is 0 Å². The first-order valence-corrected chi connectivity index (χ1v) is 4.11. The third-order valence-corrected chi connectivity index (χ3v) is 1.79. The van der Waals surface area contributed by atoms with Crippen molar-refractivity contribution in [2.75, 3.05) is 0 Å². The van der Waals surface area contributed by atoms with Gasteiger partial charge in [-0.1, -0.05) is 31.5 Å². The molecule has 0 aliphatic rings. The van der Waals surface area contributed by atoms with Gasteiger partial charge in [0.1, 0.15) is 5.75 Å². The maximum absolute atomic E-state index is 9.34. The lowest BCUT2D eigenvalue weighted by Gasteiger charge is -2.01. The Hall–Kier alpha value is -0.448. The molecule has 0 saturated heterocycles. The molecule has 0 aliphatic carbocycles. The second kappa shape index (κ2) is 6.11. The fourth-order valence-corrected chi connectivity index (χ4v) is 1.09. The third-order valence-electron chi connectivity index (χ3n) is 1.79. The molecule has 0 radical (unpaired) electrons. The van der Waals surface area contributed by atoms with Gasteiger partial charge in [0, 0.05) is 0 Å². The summed E-state index contributed by atoms with van der Waals surface area (Å²) in [4.78, 5) is 0. The summed E-state index contributed by atoms with van der Waals surface area (Å²) >= 11 is 0. The summed E-state index contributed by atoms with van der Waals surface area (Å²) in [6.45, 7) is 2.15. The second-order valence-electron chi connectivity index (χ2n) is 2.73. The van der Waals surface area contributed by atoms with Crippen molar-refractivity contribution in [2.45, 2.75) is 26.2 Å². The van der Waals surface area contributed by atoms with Crippen LogP contribution in [0.15, 0.2) is 24.3 Å². The van der Waals surface area contributed by atoms with E-state index in [0.717, 1.165) is 18.4 Å². The Morgan fingerprint density at radius 2 is 1.92 bits per heavy atom. The highest BCUT2D eigenvalue weighted by atomic mass is 27.0.